The molecular formula is C16H19N5O3. The van der Waals surface area contributed by atoms with E-state index < -0.39 is 18.0 Å². The molecule has 0 aliphatic carbocycles. The highest BCUT2D eigenvalue weighted by atomic mass is 16.5. The molecule has 2 aromatic rings. The molecule has 0 bridgehead atoms. The summed E-state index contributed by atoms with van der Waals surface area (Å²) in [5.41, 5.74) is 9.32. The largest absolute Gasteiger partial charge is 0.326 e. The molecule has 8 nitrogen and oxygen atoms in total. The third-order valence-corrected chi connectivity index (χ3v) is 3.34. The molecule has 24 heavy (non-hydrogen) atoms. The first-order valence-corrected chi connectivity index (χ1v) is 7.31. The van der Waals surface area contributed by atoms with Gasteiger partial charge in [-0.25, -0.2) is 10.3 Å². The van der Waals surface area contributed by atoms with Crippen LogP contribution in [0.25, 0.3) is 0 Å². The van der Waals surface area contributed by atoms with Crippen molar-refractivity contribution in [3.05, 3.63) is 59.9 Å². The molecule has 0 saturated carbocycles. The molecule has 1 heterocycles. The number of nitrogens with two attached hydrogens (primary N) is 1. The van der Waals surface area contributed by atoms with E-state index >= 15 is 0 Å². The van der Waals surface area contributed by atoms with Crippen LogP contribution in [0.5, 0.6) is 0 Å². The van der Waals surface area contributed by atoms with Crippen molar-refractivity contribution in [2.75, 3.05) is 5.32 Å². The van der Waals surface area contributed by atoms with Crippen LogP contribution in [0.15, 0.2) is 48.8 Å². The lowest BCUT2D eigenvalue weighted by Gasteiger charge is -2.17. The second-order valence-corrected chi connectivity index (χ2v) is 5.09. The smallest absolute Gasteiger partial charge is 0.319 e. The van der Waals surface area contributed by atoms with Crippen LogP contribution in [0, 0.1) is 0 Å². The second-order valence-electron chi connectivity index (χ2n) is 5.09. The maximum Gasteiger partial charge on any atom is 0.319 e. The predicted molar refractivity (Wildman–Crippen MR) is 88.1 cm³/mol. The normalized spacial score (nSPS) is 11.4. The molecule has 126 valence electrons. The van der Waals surface area contributed by atoms with Crippen LogP contribution >= 0.6 is 0 Å². The highest BCUT2D eigenvalue weighted by Gasteiger charge is 2.21. The molecule has 6 N–H and O–H groups in total. The molecule has 8 heteroatoms. The zero-order valence-electron chi connectivity index (χ0n) is 12.9. The SMILES string of the molecule is NCc1ccc(NC(=O)NC(Cc2cccnc2)C(=O)NO)cc1. The molecule has 1 aromatic heterocycles. The summed E-state index contributed by atoms with van der Waals surface area (Å²) in [7, 11) is 0. The summed E-state index contributed by atoms with van der Waals surface area (Å²) < 4.78 is 0. The molecule has 1 atom stereocenters. The molecule has 0 spiro atoms. The average molecular weight is 329 g/mol. The van der Waals surface area contributed by atoms with Crippen LogP contribution in [0.1, 0.15) is 11.1 Å². The van der Waals surface area contributed by atoms with Gasteiger partial charge in [0.25, 0.3) is 5.91 Å². The number of hydrogen-bond donors (Lipinski definition) is 5. The Morgan fingerprint density at radius 2 is 1.92 bits per heavy atom. The van der Waals surface area contributed by atoms with Gasteiger partial charge in [0.05, 0.1) is 0 Å². The molecule has 1 aromatic carbocycles. The Hall–Kier alpha value is -2.97. The molecule has 0 fully saturated rings. The van der Waals surface area contributed by atoms with E-state index in [-0.39, 0.29) is 6.42 Å². The van der Waals surface area contributed by atoms with Gasteiger partial charge in [-0.2, -0.15) is 0 Å². The van der Waals surface area contributed by atoms with Gasteiger partial charge in [0, 0.05) is 31.0 Å². The first-order chi connectivity index (χ1) is 11.6. The molecule has 0 radical (unpaired) electrons. The molecule has 0 aliphatic rings. The lowest BCUT2D eigenvalue weighted by molar-refractivity contribution is -0.131. The Balaban J connectivity index is 1.99. The van der Waals surface area contributed by atoms with Crippen molar-refractivity contribution in [2.45, 2.75) is 19.0 Å². The van der Waals surface area contributed by atoms with Gasteiger partial charge < -0.3 is 16.4 Å². The summed E-state index contributed by atoms with van der Waals surface area (Å²) in [4.78, 5) is 27.8. The van der Waals surface area contributed by atoms with E-state index in [0.717, 1.165) is 11.1 Å². The second kappa shape index (κ2) is 8.61. The molecule has 2 rings (SSSR count). The van der Waals surface area contributed by atoms with Crippen molar-refractivity contribution < 1.29 is 14.8 Å². The minimum Gasteiger partial charge on any atom is -0.326 e. The fourth-order valence-electron chi connectivity index (χ4n) is 2.09. The predicted octanol–water partition coefficient (Wildman–Crippen LogP) is 0.778. The maximum absolute atomic E-state index is 12.1. The standard InChI is InChI=1S/C16H19N5O3/c17-9-11-3-5-13(6-4-11)19-16(23)20-14(15(22)21-24)8-12-2-1-7-18-10-12/h1-7,10,14,24H,8-9,17H2,(H,21,22)(H2,19,20,23). The number of carbonyl (C=O) groups excluding carboxylic acids is 2. The fourth-order valence-corrected chi connectivity index (χ4v) is 2.09. The highest BCUT2D eigenvalue weighted by molar-refractivity contribution is 5.93. The van der Waals surface area contributed by atoms with Crippen molar-refractivity contribution in [3.8, 4) is 0 Å². The number of aromatic nitrogens is 1. The molecular weight excluding hydrogens is 310 g/mol. The van der Waals surface area contributed by atoms with Crippen LogP contribution in [0.3, 0.4) is 0 Å². The minimum absolute atomic E-state index is 0.194. The number of pyridine rings is 1. The number of carbonyl (C=O) groups is 2. The first kappa shape index (κ1) is 17.4. The summed E-state index contributed by atoms with van der Waals surface area (Å²) in [6.07, 6.45) is 3.39. The molecule has 0 saturated heterocycles. The number of urea groups is 1. The van der Waals surface area contributed by atoms with Crippen LogP contribution < -0.4 is 21.8 Å². The van der Waals surface area contributed by atoms with Gasteiger partial charge in [0.15, 0.2) is 0 Å². The van der Waals surface area contributed by atoms with E-state index in [1.54, 1.807) is 54.3 Å². The Morgan fingerprint density at radius 3 is 2.50 bits per heavy atom. The van der Waals surface area contributed by atoms with Crippen molar-refractivity contribution in [2.24, 2.45) is 5.73 Å². The molecule has 0 aliphatic heterocycles. The minimum atomic E-state index is -0.942. The zero-order chi connectivity index (χ0) is 17.4. The van der Waals surface area contributed by atoms with Crippen molar-refractivity contribution in [3.63, 3.8) is 0 Å². The molecule has 1 unspecified atom stereocenters. The third kappa shape index (κ3) is 5.04. The van der Waals surface area contributed by atoms with Gasteiger partial charge in [-0.3, -0.25) is 15.0 Å². The van der Waals surface area contributed by atoms with Crippen LogP contribution in [-0.2, 0) is 17.8 Å². The average Bonchev–Trinajstić information content (AvgIpc) is 2.62. The van der Waals surface area contributed by atoms with E-state index in [2.05, 4.69) is 15.6 Å². The number of rotatable bonds is 6. The van der Waals surface area contributed by atoms with Gasteiger partial charge in [-0.15, -0.1) is 0 Å². The fraction of sp³-hybridized carbons (Fsp3) is 0.188. The van der Waals surface area contributed by atoms with Gasteiger partial charge >= 0.3 is 6.03 Å². The summed E-state index contributed by atoms with van der Waals surface area (Å²) >= 11 is 0. The lowest BCUT2D eigenvalue weighted by Crippen LogP contribution is -2.48. The van der Waals surface area contributed by atoms with Crippen LogP contribution in [-0.4, -0.2) is 28.2 Å². The number of nitrogens with zero attached hydrogens (tertiary/aromatic N) is 1. The number of benzene rings is 1. The summed E-state index contributed by atoms with van der Waals surface area (Å²) in [5, 5.41) is 14.0. The number of nitrogens with one attached hydrogen (secondary N) is 3. The summed E-state index contributed by atoms with van der Waals surface area (Å²) in [6, 6.07) is 9.01. The van der Waals surface area contributed by atoms with Crippen molar-refractivity contribution in [1.29, 1.82) is 0 Å². The monoisotopic (exact) mass is 329 g/mol. The number of hydroxylamine groups is 1. The van der Waals surface area contributed by atoms with Gasteiger partial charge in [0.1, 0.15) is 6.04 Å². The van der Waals surface area contributed by atoms with E-state index in [1.165, 1.54) is 0 Å². The van der Waals surface area contributed by atoms with Gasteiger partial charge in [-0.05, 0) is 29.3 Å². The van der Waals surface area contributed by atoms with E-state index in [0.29, 0.717) is 12.2 Å². The Kier molecular flexibility index (Phi) is 6.23. The maximum atomic E-state index is 12.1. The lowest BCUT2D eigenvalue weighted by atomic mass is 10.1. The highest BCUT2D eigenvalue weighted by Crippen LogP contribution is 2.09. The van der Waals surface area contributed by atoms with Crippen molar-refractivity contribution in [1.82, 2.24) is 15.8 Å². The summed E-state index contributed by atoms with van der Waals surface area (Å²) in [6.45, 7) is 0.413. The Bertz CT molecular complexity index is 676. The van der Waals surface area contributed by atoms with Crippen molar-refractivity contribution >= 4 is 17.6 Å². The Morgan fingerprint density at radius 1 is 1.17 bits per heavy atom. The van der Waals surface area contributed by atoms with E-state index in [9.17, 15) is 9.59 Å². The van der Waals surface area contributed by atoms with Crippen LogP contribution in [0.2, 0.25) is 0 Å². The number of hydrogen-bond acceptors (Lipinski definition) is 5. The van der Waals surface area contributed by atoms with Crippen LogP contribution in [0.4, 0.5) is 10.5 Å². The van der Waals surface area contributed by atoms with Gasteiger partial charge in [0.2, 0.25) is 0 Å². The van der Waals surface area contributed by atoms with E-state index in [1.807, 2.05) is 0 Å². The number of anilines is 1. The topological polar surface area (TPSA) is 129 Å². The van der Waals surface area contributed by atoms with Gasteiger partial charge in [-0.1, -0.05) is 18.2 Å². The number of amides is 3. The summed E-state index contributed by atoms with van der Waals surface area (Å²) in [5.74, 6) is -0.715. The zero-order valence-corrected chi connectivity index (χ0v) is 12.9. The quantitative estimate of drug-likeness (QED) is 0.395. The third-order valence-electron chi connectivity index (χ3n) is 3.34. The Labute approximate surface area is 139 Å². The van der Waals surface area contributed by atoms with E-state index in [4.69, 9.17) is 10.9 Å². The molecule has 3 amide bonds. The first-order valence-electron chi connectivity index (χ1n) is 7.31.